The van der Waals surface area contributed by atoms with E-state index in [1.807, 2.05) is 0 Å². The molecule has 0 amide bonds. The molecule has 21 heavy (non-hydrogen) atoms. The van der Waals surface area contributed by atoms with E-state index >= 15 is 0 Å². The van der Waals surface area contributed by atoms with E-state index in [9.17, 15) is 0 Å². The lowest BCUT2D eigenvalue weighted by atomic mass is 9.98. The second kappa shape index (κ2) is 7.35. The van der Waals surface area contributed by atoms with Crippen LogP contribution in [0.4, 0.5) is 0 Å². The SMILES string of the molecule is Cc1nc(CCC(C)C)nc(C)c1CC(C)CNC1CC1. The molecule has 1 aromatic rings. The molecule has 1 aromatic heterocycles. The average Bonchev–Trinajstić information content (AvgIpc) is 3.22. The van der Waals surface area contributed by atoms with Crippen LogP contribution in [-0.4, -0.2) is 22.6 Å². The maximum Gasteiger partial charge on any atom is 0.128 e. The van der Waals surface area contributed by atoms with E-state index < -0.39 is 0 Å². The van der Waals surface area contributed by atoms with E-state index in [0.717, 1.165) is 31.3 Å². The second-order valence-electron chi connectivity index (χ2n) is 7.21. The summed E-state index contributed by atoms with van der Waals surface area (Å²) in [5.74, 6) is 2.38. The van der Waals surface area contributed by atoms with Crippen LogP contribution in [0.25, 0.3) is 0 Å². The molecule has 1 atom stereocenters. The van der Waals surface area contributed by atoms with Crippen molar-refractivity contribution in [1.29, 1.82) is 0 Å². The fraction of sp³-hybridized carbons (Fsp3) is 0.778. The Morgan fingerprint density at radius 2 is 1.71 bits per heavy atom. The zero-order valence-electron chi connectivity index (χ0n) is 14.4. The van der Waals surface area contributed by atoms with E-state index in [1.54, 1.807) is 0 Å². The predicted octanol–water partition coefficient (Wildman–Crippen LogP) is 3.61. The van der Waals surface area contributed by atoms with Gasteiger partial charge in [-0.2, -0.15) is 0 Å². The maximum absolute atomic E-state index is 4.74. The Morgan fingerprint density at radius 1 is 1.10 bits per heavy atom. The van der Waals surface area contributed by atoms with Crippen molar-refractivity contribution < 1.29 is 0 Å². The molecule has 0 radical (unpaired) electrons. The standard InChI is InChI=1S/C18H31N3/c1-12(2)6-9-18-20-14(4)17(15(5)21-18)10-13(3)11-19-16-7-8-16/h12-13,16,19H,6-11H2,1-5H3. The van der Waals surface area contributed by atoms with Gasteiger partial charge in [0.05, 0.1) is 0 Å². The molecular formula is C18H31N3. The molecule has 2 rings (SSSR count). The van der Waals surface area contributed by atoms with Gasteiger partial charge in [0.1, 0.15) is 5.82 Å². The fourth-order valence-corrected chi connectivity index (χ4v) is 2.71. The van der Waals surface area contributed by atoms with Crippen LogP contribution in [0, 0.1) is 25.7 Å². The molecule has 3 nitrogen and oxygen atoms in total. The monoisotopic (exact) mass is 289 g/mol. The van der Waals surface area contributed by atoms with Gasteiger partial charge >= 0.3 is 0 Å². The highest BCUT2D eigenvalue weighted by atomic mass is 14.9. The average molecular weight is 289 g/mol. The Hall–Kier alpha value is -0.960. The molecule has 0 bridgehead atoms. The van der Waals surface area contributed by atoms with Gasteiger partial charge in [-0.25, -0.2) is 9.97 Å². The third kappa shape index (κ3) is 5.39. The summed E-state index contributed by atoms with van der Waals surface area (Å²) in [5.41, 5.74) is 3.72. The Morgan fingerprint density at radius 3 is 2.24 bits per heavy atom. The predicted molar refractivity (Wildman–Crippen MR) is 88.6 cm³/mol. The molecule has 1 saturated carbocycles. The van der Waals surface area contributed by atoms with Crippen LogP contribution in [0.5, 0.6) is 0 Å². The minimum atomic E-state index is 0.646. The van der Waals surface area contributed by atoms with E-state index in [-0.39, 0.29) is 0 Å². The lowest BCUT2D eigenvalue weighted by Gasteiger charge is -2.16. The lowest BCUT2D eigenvalue weighted by molar-refractivity contribution is 0.504. The lowest BCUT2D eigenvalue weighted by Crippen LogP contribution is -2.25. The molecule has 3 heteroatoms. The molecule has 0 spiro atoms. The highest BCUT2D eigenvalue weighted by molar-refractivity contribution is 5.25. The summed E-state index contributed by atoms with van der Waals surface area (Å²) >= 11 is 0. The van der Waals surface area contributed by atoms with Gasteiger partial charge in [0.25, 0.3) is 0 Å². The smallest absolute Gasteiger partial charge is 0.128 e. The van der Waals surface area contributed by atoms with Gasteiger partial charge in [-0.05, 0) is 63.5 Å². The van der Waals surface area contributed by atoms with Crippen molar-refractivity contribution in [2.24, 2.45) is 11.8 Å². The zero-order chi connectivity index (χ0) is 15.4. The first-order chi connectivity index (χ1) is 9.95. The summed E-state index contributed by atoms with van der Waals surface area (Å²) in [6.45, 7) is 12.2. The molecule has 1 N–H and O–H groups in total. The summed E-state index contributed by atoms with van der Waals surface area (Å²) in [7, 11) is 0. The van der Waals surface area contributed by atoms with Crippen molar-refractivity contribution in [2.75, 3.05) is 6.54 Å². The highest BCUT2D eigenvalue weighted by Crippen LogP contribution is 2.20. The van der Waals surface area contributed by atoms with Gasteiger partial charge in [0, 0.05) is 23.9 Å². The summed E-state index contributed by atoms with van der Waals surface area (Å²) in [5, 5.41) is 3.62. The molecule has 1 heterocycles. The minimum Gasteiger partial charge on any atom is -0.314 e. The second-order valence-corrected chi connectivity index (χ2v) is 7.21. The molecule has 0 aliphatic heterocycles. The highest BCUT2D eigenvalue weighted by Gasteiger charge is 2.21. The van der Waals surface area contributed by atoms with E-state index in [0.29, 0.717) is 11.8 Å². The molecule has 1 unspecified atom stereocenters. The molecule has 1 aliphatic carbocycles. The quantitative estimate of drug-likeness (QED) is 0.794. The maximum atomic E-state index is 4.74. The minimum absolute atomic E-state index is 0.646. The molecule has 1 aliphatic rings. The molecule has 0 aromatic carbocycles. The van der Waals surface area contributed by atoms with Gasteiger partial charge in [-0.15, -0.1) is 0 Å². The first-order valence-corrected chi connectivity index (χ1v) is 8.52. The first kappa shape index (κ1) is 16.4. The summed E-state index contributed by atoms with van der Waals surface area (Å²) < 4.78 is 0. The van der Waals surface area contributed by atoms with Gasteiger partial charge in [-0.3, -0.25) is 0 Å². The normalized spacial score (nSPS) is 16.5. The number of hydrogen-bond donors (Lipinski definition) is 1. The van der Waals surface area contributed by atoms with Crippen molar-refractivity contribution in [3.05, 3.63) is 22.8 Å². The van der Waals surface area contributed by atoms with Crippen LogP contribution >= 0.6 is 0 Å². The van der Waals surface area contributed by atoms with Gasteiger partial charge in [-0.1, -0.05) is 20.8 Å². The molecule has 1 fully saturated rings. The van der Waals surface area contributed by atoms with Crippen molar-refractivity contribution in [1.82, 2.24) is 15.3 Å². The number of rotatable bonds is 8. The van der Waals surface area contributed by atoms with Crippen LogP contribution in [0.2, 0.25) is 0 Å². The van der Waals surface area contributed by atoms with E-state index in [1.165, 1.54) is 36.2 Å². The van der Waals surface area contributed by atoms with Crippen LogP contribution in [0.15, 0.2) is 0 Å². The van der Waals surface area contributed by atoms with Crippen molar-refractivity contribution >= 4 is 0 Å². The fourth-order valence-electron chi connectivity index (χ4n) is 2.71. The topological polar surface area (TPSA) is 37.8 Å². The van der Waals surface area contributed by atoms with Gasteiger partial charge in [0.15, 0.2) is 0 Å². The van der Waals surface area contributed by atoms with Crippen molar-refractivity contribution in [3.8, 4) is 0 Å². The summed E-state index contributed by atoms with van der Waals surface area (Å²) in [6.07, 6.45) is 5.97. The van der Waals surface area contributed by atoms with Crippen LogP contribution in [0.1, 0.15) is 62.8 Å². The number of nitrogens with zero attached hydrogens (tertiary/aromatic N) is 2. The largest absolute Gasteiger partial charge is 0.314 e. The van der Waals surface area contributed by atoms with Crippen LogP contribution < -0.4 is 5.32 Å². The van der Waals surface area contributed by atoms with Gasteiger partial charge in [0.2, 0.25) is 0 Å². The number of aromatic nitrogens is 2. The summed E-state index contributed by atoms with van der Waals surface area (Å²) in [6, 6.07) is 0.796. The number of hydrogen-bond acceptors (Lipinski definition) is 3. The van der Waals surface area contributed by atoms with Crippen LogP contribution in [0.3, 0.4) is 0 Å². The number of aryl methyl sites for hydroxylation is 3. The number of nitrogens with one attached hydrogen (secondary N) is 1. The molecule has 0 saturated heterocycles. The Bertz CT molecular complexity index is 441. The Labute approximate surface area is 130 Å². The van der Waals surface area contributed by atoms with Gasteiger partial charge < -0.3 is 5.32 Å². The first-order valence-electron chi connectivity index (χ1n) is 8.52. The summed E-state index contributed by atoms with van der Waals surface area (Å²) in [4.78, 5) is 9.47. The Kier molecular flexibility index (Phi) is 5.74. The van der Waals surface area contributed by atoms with E-state index in [4.69, 9.17) is 9.97 Å². The third-order valence-electron chi connectivity index (χ3n) is 4.30. The Balaban J connectivity index is 1.94. The molecule has 118 valence electrons. The van der Waals surface area contributed by atoms with Crippen LogP contribution in [-0.2, 0) is 12.8 Å². The zero-order valence-corrected chi connectivity index (χ0v) is 14.4. The molecular weight excluding hydrogens is 258 g/mol. The van der Waals surface area contributed by atoms with Crippen molar-refractivity contribution in [2.45, 2.75) is 72.8 Å². The van der Waals surface area contributed by atoms with E-state index in [2.05, 4.69) is 39.9 Å². The third-order valence-corrected chi connectivity index (χ3v) is 4.30. The van der Waals surface area contributed by atoms with Crippen molar-refractivity contribution in [3.63, 3.8) is 0 Å².